The van der Waals surface area contributed by atoms with E-state index in [9.17, 15) is 4.39 Å². The zero-order valence-corrected chi connectivity index (χ0v) is 7.55. The highest BCUT2D eigenvalue weighted by Gasteiger charge is 2.05. The van der Waals surface area contributed by atoms with Gasteiger partial charge in [0.1, 0.15) is 0 Å². The Morgan fingerprint density at radius 3 is 2.62 bits per heavy atom. The molecule has 0 unspecified atom stereocenters. The summed E-state index contributed by atoms with van der Waals surface area (Å²) in [6.45, 7) is 1.75. The van der Waals surface area contributed by atoms with Gasteiger partial charge in [-0.2, -0.15) is 0 Å². The van der Waals surface area contributed by atoms with Crippen LogP contribution in [0.1, 0.15) is 17.5 Å². The van der Waals surface area contributed by atoms with Crippen molar-refractivity contribution in [2.45, 2.75) is 19.8 Å². The highest BCUT2D eigenvalue weighted by molar-refractivity contribution is 5.36. The average molecular weight is 184 g/mol. The first-order chi connectivity index (χ1) is 6.15. The van der Waals surface area contributed by atoms with Crippen molar-refractivity contribution < 1.29 is 14.6 Å². The van der Waals surface area contributed by atoms with E-state index in [2.05, 4.69) is 0 Å². The third-order valence-corrected chi connectivity index (χ3v) is 1.94. The van der Waals surface area contributed by atoms with Gasteiger partial charge in [0.2, 0.25) is 0 Å². The van der Waals surface area contributed by atoms with Crippen molar-refractivity contribution in [1.29, 1.82) is 0 Å². The fraction of sp³-hybridized carbons (Fsp3) is 0.400. The minimum absolute atomic E-state index is 0.0988. The molecule has 0 amide bonds. The zero-order valence-electron chi connectivity index (χ0n) is 7.55. The Hall–Kier alpha value is -1.09. The van der Waals surface area contributed by atoms with Gasteiger partial charge in [-0.3, -0.25) is 0 Å². The van der Waals surface area contributed by atoms with Crippen LogP contribution in [0.3, 0.4) is 0 Å². The molecular weight excluding hydrogens is 171 g/mol. The van der Waals surface area contributed by atoms with Crippen molar-refractivity contribution in [1.82, 2.24) is 0 Å². The minimum atomic E-state index is -0.590. The third kappa shape index (κ3) is 2.42. The Balaban J connectivity index is 2.86. The van der Waals surface area contributed by atoms with Crippen LogP contribution >= 0.6 is 0 Å². The molecule has 1 rings (SSSR count). The standard InChI is InChI=1S/C10H13FO2/c1-7-5-8(3-2-4-12)6-9(11)10(7)13/h5-6,12-13H,2-4H2,1H3. The van der Waals surface area contributed by atoms with E-state index < -0.39 is 5.82 Å². The number of aryl methyl sites for hydroxylation is 2. The van der Waals surface area contributed by atoms with Gasteiger partial charge in [-0.1, -0.05) is 6.07 Å². The number of phenols is 1. The van der Waals surface area contributed by atoms with Gasteiger partial charge >= 0.3 is 0 Å². The van der Waals surface area contributed by atoms with E-state index in [0.717, 1.165) is 5.56 Å². The molecule has 0 aliphatic heterocycles. The maximum Gasteiger partial charge on any atom is 0.165 e. The molecule has 0 spiro atoms. The van der Waals surface area contributed by atoms with E-state index >= 15 is 0 Å². The lowest BCUT2D eigenvalue weighted by molar-refractivity contribution is 0.288. The predicted molar refractivity (Wildman–Crippen MR) is 48.2 cm³/mol. The highest BCUT2D eigenvalue weighted by Crippen LogP contribution is 2.22. The molecule has 2 nitrogen and oxygen atoms in total. The number of hydrogen-bond acceptors (Lipinski definition) is 2. The van der Waals surface area contributed by atoms with Crippen molar-refractivity contribution in [2.75, 3.05) is 6.61 Å². The van der Waals surface area contributed by atoms with Crippen LogP contribution in [-0.2, 0) is 6.42 Å². The van der Waals surface area contributed by atoms with E-state index in [-0.39, 0.29) is 12.4 Å². The molecule has 13 heavy (non-hydrogen) atoms. The van der Waals surface area contributed by atoms with Gasteiger partial charge in [0, 0.05) is 6.61 Å². The Labute approximate surface area is 76.6 Å². The lowest BCUT2D eigenvalue weighted by Gasteiger charge is -2.04. The van der Waals surface area contributed by atoms with Gasteiger partial charge in [0.15, 0.2) is 11.6 Å². The third-order valence-electron chi connectivity index (χ3n) is 1.94. The summed E-state index contributed by atoms with van der Waals surface area (Å²) in [5.74, 6) is -0.874. The normalized spacial score (nSPS) is 10.4. The summed E-state index contributed by atoms with van der Waals surface area (Å²) in [6, 6.07) is 3.03. The summed E-state index contributed by atoms with van der Waals surface area (Å²) in [4.78, 5) is 0. The Morgan fingerprint density at radius 2 is 2.08 bits per heavy atom. The Kier molecular flexibility index (Phi) is 3.25. The van der Waals surface area contributed by atoms with E-state index in [0.29, 0.717) is 18.4 Å². The number of hydrogen-bond donors (Lipinski definition) is 2. The second-order valence-electron chi connectivity index (χ2n) is 3.07. The zero-order chi connectivity index (χ0) is 9.84. The summed E-state index contributed by atoms with van der Waals surface area (Å²) in [5, 5.41) is 17.7. The van der Waals surface area contributed by atoms with Crippen LogP contribution in [0.25, 0.3) is 0 Å². The van der Waals surface area contributed by atoms with Gasteiger partial charge in [0.05, 0.1) is 0 Å². The summed E-state index contributed by atoms with van der Waals surface area (Å²) < 4.78 is 13.0. The van der Waals surface area contributed by atoms with Crippen molar-refractivity contribution >= 4 is 0 Å². The maximum atomic E-state index is 13.0. The topological polar surface area (TPSA) is 40.5 Å². The number of benzene rings is 1. The first-order valence-corrected chi connectivity index (χ1v) is 4.24. The van der Waals surface area contributed by atoms with Gasteiger partial charge in [-0.15, -0.1) is 0 Å². The molecule has 3 heteroatoms. The van der Waals surface area contributed by atoms with Gasteiger partial charge in [0.25, 0.3) is 0 Å². The monoisotopic (exact) mass is 184 g/mol. The second-order valence-corrected chi connectivity index (χ2v) is 3.07. The molecule has 0 aliphatic carbocycles. The molecule has 1 aromatic carbocycles. The van der Waals surface area contributed by atoms with E-state index in [1.165, 1.54) is 6.07 Å². The van der Waals surface area contributed by atoms with Crippen LogP contribution in [0.2, 0.25) is 0 Å². The molecule has 0 atom stereocenters. The molecule has 0 radical (unpaired) electrons. The van der Waals surface area contributed by atoms with E-state index in [4.69, 9.17) is 10.2 Å². The second kappa shape index (κ2) is 4.23. The number of aromatic hydroxyl groups is 1. The van der Waals surface area contributed by atoms with Crippen LogP contribution < -0.4 is 0 Å². The number of rotatable bonds is 3. The minimum Gasteiger partial charge on any atom is -0.505 e. The molecule has 0 fully saturated rings. The summed E-state index contributed by atoms with van der Waals surface area (Å²) in [7, 11) is 0. The smallest absolute Gasteiger partial charge is 0.165 e. The number of aliphatic hydroxyl groups is 1. The van der Waals surface area contributed by atoms with E-state index in [1.54, 1.807) is 13.0 Å². The van der Waals surface area contributed by atoms with Crippen LogP contribution in [-0.4, -0.2) is 16.8 Å². The Bertz CT molecular complexity index is 274. The molecular formula is C10H13FO2. The summed E-state index contributed by atoms with van der Waals surface area (Å²) >= 11 is 0. The van der Waals surface area contributed by atoms with Crippen molar-refractivity contribution in [3.63, 3.8) is 0 Å². The molecule has 0 heterocycles. The predicted octanol–water partition coefficient (Wildman–Crippen LogP) is 1.76. The fourth-order valence-electron chi connectivity index (χ4n) is 1.24. The lowest BCUT2D eigenvalue weighted by Crippen LogP contribution is -1.92. The molecule has 0 aliphatic rings. The van der Waals surface area contributed by atoms with Gasteiger partial charge in [-0.05, 0) is 37.0 Å². The molecule has 1 aromatic rings. The van der Waals surface area contributed by atoms with E-state index in [1.807, 2.05) is 0 Å². The quantitative estimate of drug-likeness (QED) is 0.751. The Morgan fingerprint density at radius 1 is 1.38 bits per heavy atom. The van der Waals surface area contributed by atoms with Gasteiger partial charge < -0.3 is 10.2 Å². The molecule has 0 saturated carbocycles. The molecule has 72 valence electrons. The maximum absolute atomic E-state index is 13.0. The van der Waals surface area contributed by atoms with Crippen molar-refractivity contribution in [3.8, 4) is 5.75 Å². The molecule has 0 aromatic heterocycles. The average Bonchev–Trinajstić information content (AvgIpc) is 2.10. The highest BCUT2D eigenvalue weighted by atomic mass is 19.1. The number of halogens is 1. The molecule has 2 N–H and O–H groups in total. The molecule has 0 saturated heterocycles. The summed E-state index contributed by atoms with van der Waals surface area (Å²) in [6.07, 6.45) is 1.25. The van der Waals surface area contributed by atoms with Crippen LogP contribution in [0.15, 0.2) is 12.1 Å². The number of phenolic OH excluding ortho intramolecular Hbond substituents is 1. The number of aliphatic hydroxyl groups excluding tert-OH is 1. The van der Waals surface area contributed by atoms with Crippen LogP contribution in [0.4, 0.5) is 4.39 Å². The van der Waals surface area contributed by atoms with Crippen molar-refractivity contribution in [2.24, 2.45) is 0 Å². The SMILES string of the molecule is Cc1cc(CCCO)cc(F)c1O. The van der Waals surface area contributed by atoms with Gasteiger partial charge in [-0.25, -0.2) is 4.39 Å². The van der Waals surface area contributed by atoms with Crippen molar-refractivity contribution in [3.05, 3.63) is 29.1 Å². The largest absolute Gasteiger partial charge is 0.505 e. The fourth-order valence-corrected chi connectivity index (χ4v) is 1.24. The summed E-state index contributed by atoms with van der Waals surface area (Å²) in [5.41, 5.74) is 1.34. The molecule has 0 bridgehead atoms. The van der Waals surface area contributed by atoms with Crippen LogP contribution in [0, 0.1) is 12.7 Å². The van der Waals surface area contributed by atoms with Crippen LogP contribution in [0.5, 0.6) is 5.75 Å². The first-order valence-electron chi connectivity index (χ1n) is 4.24. The first kappa shape index (κ1) is 9.99. The lowest BCUT2D eigenvalue weighted by atomic mass is 10.1.